The van der Waals surface area contributed by atoms with E-state index in [1.54, 1.807) is 17.0 Å². The Kier molecular flexibility index (Phi) is 6.87. The molecular weight excluding hydrogens is 328 g/mol. The van der Waals surface area contributed by atoms with Crippen molar-refractivity contribution in [3.05, 3.63) is 34.9 Å². The van der Waals surface area contributed by atoms with Crippen molar-refractivity contribution in [3.8, 4) is 0 Å². The van der Waals surface area contributed by atoms with Gasteiger partial charge in [-0.1, -0.05) is 6.07 Å². The number of hydrogen-bond donors (Lipinski definition) is 2. The minimum atomic E-state index is -2.33. The number of nitrogens with zero attached hydrogens (tertiary/aromatic N) is 1. The van der Waals surface area contributed by atoms with Gasteiger partial charge < -0.3 is 10.6 Å². The van der Waals surface area contributed by atoms with E-state index in [2.05, 4.69) is 10.6 Å². The summed E-state index contributed by atoms with van der Waals surface area (Å²) in [6.45, 7) is 4.68. The number of benzene rings is 1. The first kappa shape index (κ1) is 19.3. The van der Waals surface area contributed by atoms with Crippen molar-refractivity contribution in [1.82, 2.24) is 15.5 Å². The molecule has 0 atom stereocenters. The van der Waals surface area contributed by atoms with Crippen LogP contribution >= 0.6 is 0 Å². The summed E-state index contributed by atoms with van der Waals surface area (Å²) in [5.41, 5.74) is 2.65. The summed E-state index contributed by atoms with van der Waals surface area (Å²) in [6, 6.07) is 5.37. The Morgan fingerprint density at radius 2 is 1.88 bits per heavy atom. The average molecular weight is 353 g/mol. The van der Waals surface area contributed by atoms with E-state index >= 15 is 0 Å². The number of likely N-dealkylation sites (tertiary alicyclic amines) is 1. The van der Waals surface area contributed by atoms with Gasteiger partial charge in [0.25, 0.3) is 12.3 Å². The van der Waals surface area contributed by atoms with E-state index in [1.807, 2.05) is 19.9 Å². The van der Waals surface area contributed by atoms with Gasteiger partial charge in [-0.15, -0.1) is 0 Å². The van der Waals surface area contributed by atoms with Crippen molar-refractivity contribution in [2.45, 2.75) is 39.2 Å². The third kappa shape index (κ3) is 6.08. The third-order valence-corrected chi connectivity index (χ3v) is 4.53. The van der Waals surface area contributed by atoms with Gasteiger partial charge >= 0.3 is 0 Å². The minimum Gasteiger partial charge on any atom is -0.352 e. The number of aryl methyl sites for hydroxylation is 2. The number of piperidine rings is 1. The van der Waals surface area contributed by atoms with Gasteiger partial charge in [0.2, 0.25) is 5.91 Å². The Bertz CT molecular complexity index is 614. The molecule has 7 heteroatoms. The molecule has 1 saturated heterocycles. The van der Waals surface area contributed by atoms with Crippen molar-refractivity contribution < 1.29 is 18.4 Å². The number of halogens is 2. The van der Waals surface area contributed by atoms with E-state index in [-0.39, 0.29) is 30.9 Å². The molecule has 1 aliphatic rings. The van der Waals surface area contributed by atoms with E-state index < -0.39 is 6.43 Å². The van der Waals surface area contributed by atoms with E-state index in [9.17, 15) is 18.4 Å². The third-order valence-electron chi connectivity index (χ3n) is 4.53. The molecule has 1 fully saturated rings. The molecule has 1 aromatic carbocycles. The summed E-state index contributed by atoms with van der Waals surface area (Å²) in [6.07, 6.45) is -1.04. The molecule has 2 rings (SSSR count). The zero-order chi connectivity index (χ0) is 18.4. The van der Waals surface area contributed by atoms with Gasteiger partial charge in [0.15, 0.2) is 0 Å². The normalized spacial score (nSPS) is 16.0. The second kappa shape index (κ2) is 8.89. The highest BCUT2D eigenvalue weighted by atomic mass is 19.3. The van der Waals surface area contributed by atoms with Crippen molar-refractivity contribution >= 4 is 11.8 Å². The number of nitrogens with one attached hydrogen (secondary N) is 2. The van der Waals surface area contributed by atoms with Gasteiger partial charge in [0.1, 0.15) is 0 Å². The predicted octanol–water partition coefficient (Wildman–Crippen LogP) is 1.88. The molecule has 0 spiro atoms. The number of hydrogen-bond acceptors (Lipinski definition) is 3. The van der Waals surface area contributed by atoms with Gasteiger partial charge in [-0.3, -0.25) is 14.5 Å². The standard InChI is InChI=1S/C18H25F2N3O2/c1-12-3-4-14(9-13(12)2)18(25)21-10-17(24)22-15-5-7-23(8-6-15)11-16(19)20/h3-4,9,15-16H,5-8,10-11H2,1-2H3,(H,21,25)(H,22,24). The molecule has 0 saturated carbocycles. The SMILES string of the molecule is Cc1ccc(C(=O)NCC(=O)NC2CCN(CC(F)F)CC2)cc1C. The molecule has 5 nitrogen and oxygen atoms in total. The van der Waals surface area contributed by atoms with E-state index in [0.717, 1.165) is 11.1 Å². The van der Waals surface area contributed by atoms with Crippen LogP contribution < -0.4 is 10.6 Å². The number of carbonyl (C=O) groups excluding carboxylic acids is 2. The molecule has 1 aromatic rings. The molecule has 1 aliphatic heterocycles. The van der Waals surface area contributed by atoms with Crippen LogP contribution in [-0.2, 0) is 4.79 Å². The maximum absolute atomic E-state index is 12.3. The monoisotopic (exact) mass is 353 g/mol. The Balaban J connectivity index is 1.72. The van der Waals surface area contributed by atoms with Gasteiger partial charge in [0.05, 0.1) is 13.1 Å². The van der Waals surface area contributed by atoms with Crippen LogP contribution in [0.1, 0.15) is 34.3 Å². The van der Waals surface area contributed by atoms with Gasteiger partial charge in [0, 0.05) is 24.7 Å². The van der Waals surface area contributed by atoms with Crippen molar-refractivity contribution in [1.29, 1.82) is 0 Å². The Hall–Kier alpha value is -2.02. The second-order valence-electron chi connectivity index (χ2n) is 6.52. The van der Waals surface area contributed by atoms with Gasteiger partial charge in [-0.25, -0.2) is 8.78 Å². The van der Waals surface area contributed by atoms with Gasteiger partial charge in [-0.05, 0) is 49.9 Å². The van der Waals surface area contributed by atoms with Crippen LogP contribution in [0.5, 0.6) is 0 Å². The first-order valence-corrected chi connectivity index (χ1v) is 8.50. The fourth-order valence-corrected chi connectivity index (χ4v) is 2.88. The molecular formula is C18H25F2N3O2. The van der Waals surface area contributed by atoms with Crippen LogP contribution in [-0.4, -0.2) is 55.4 Å². The van der Waals surface area contributed by atoms with Crippen molar-refractivity contribution in [3.63, 3.8) is 0 Å². The average Bonchev–Trinajstić information content (AvgIpc) is 2.56. The largest absolute Gasteiger partial charge is 0.352 e. The summed E-state index contributed by atoms with van der Waals surface area (Å²) in [5.74, 6) is -0.547. The highest BCUT2D eigenvalue weighted by molar-refractivity contribution is 5.96. The van der Waals surface area contributed by atoms with Crippen molar-refractivity contribution in [2.75, 3.05) is 26.2 Å². The molecule has 1 heterocycles. The highest BCUT2D eigenvalue weighted by Gasteiger charge is 2.22. The molecule has 2 amide bonds. The second-order valence-corrected chi connectivity index (χ2v) is 6.52. The smallest absolute Gasteiger partial charge is 0.251 e. The summed E-state index contributed by atoms with van der Waals surface area (Å²) < 4.78 is 24.7. The number of amides is 2. The molecule has 0 aromatic heterocycles. The summed E-state index contributed by atoms with van der Waals surface area (Å²) in [4.78, 5) is 25.8. The fraction of sp³-hybridized carbons (Fsp3) is 0.556. The lowest BCUT2D eigenvalue weighted by molar-refractivity contribution is -0.121. The zero-order valence-electron chi connectivity index (χ0n) is 14.6. The Morgan fingerprint density at radius 1 is 1.20 bits per heavy atom. The topological polar surface area (TPSA) is 61.4 Å². The minimum absolute atomic E-state index is 0.0278. The maximum atomic E-state index is 12.3. The molecule has 138 valence electrons. The summed E-state index contributed by atoms with van der Waals surface area (Å²) in [5, 5.41) is 5.46. The zero-order valence-corrected chi connectivity index (χ0v) is 14.6. The van der Waals surface area contributed by atoms with Crippen LogP contribution in [0, 0.1) is 13.8 Å². The van der Waals surface area contributed by atoms with E-state index in [0.29, 0.717) is 31.5 Å². The molecule has 0 bridgehead atoms. The number of alkyl halides is 2. The Morgan fingerprint density at radius 3 is 2.48 bits per heavy atom. The lowest BCUT2D eigenvalue weighted by Gasteiger charge is -2.32. The lowest BCUT2D eigenvalue weighted by atomic mass is 10.0. The first-order chi connectivity index (χ1) is 11.8. The summed E-state index contributed by atoms with van der Waals surface area (Å²) >= 11 is 0. The van der Waals surface area contributed by atoms with Crippen LogP contribution in [0.3, 0.4) is 0 Å². The molecule has 25 heavy (non-hydrogen) atoms. The number of carbonyl (C=O) groups is 2. The summed E-state index contributed by atoms with van der Waals surface area (Å²) in [7, 11) is 0. The van der Waals surface area contributed by atoms with Crippen LogP contribution in [0.25, 0.3) is 0 Å². The van der Waals surface area contributed by atoms with E-state index in [4.69, 9.17) is 0 Å². The van der Waals surface area contributed by atoms with E-state index in [1.165, 1.54) is 0 Å². The molecule has 0 unspecified atom stereocenters. The highest BCUT2D eigenvalue weighted by Crippen LogP contribution is 2.12. The predicted molar refractivity (Wildman–Crippen MR) is 91.9 cm³/mol. The van der Waals surface area contributed by atoms with Crippen LogP contribution in [0.15, 0.2) is 18.2 Å². The molecule has 2 N–H and O–H groups in total. The molecule has 0 radical (unpaired) electrons. The fourth-order valence-electron chi connectivity index (χ4n) is 2.88. The first-order valence-electron chi connectivity index (χ1n) is 8.50. The van der Waals surface area contributed by atoms with Crippen LogP contribution in [0.2, 0.25) is 0 Å². The van der Waals surface area contributed by atoms with Gasteiger partial charge in [-0.2, -0.15) is 0 Å². The van der Waals surface area contributed by atoms with Crippen molar-refractivity contribution in [2.24, 2.45) is 0 Å². The maximum Gasteiger partial charge on any atom is 0.251 e. The lowest BCUT2D eigenvalue weighted by Crippen LogP contribution is -2.48. The van der Waals surface area contributed by atoms with Crippen LogP contribution in [0.4, 0.5) is 8.78 Å². The number of rotatable bonds is 6. The molecule has 0 aliphatic carbocycles. The quantitative estimate of drug-likeness (QED) is 0.821. The Labute approximate surface area is 146 Å².